The summed E-state index contributed by atoms with van der Waals surface area (Å²) in [5.41, 5.74) is 2.87. The maximum Gasteiger partial charge on any atom is 0.407 e. The molecule has 0 aliphatic carbocycles. The molecule has 2 aromatic carbocycles. The molecule has 4 aromatic rings. The summed E-state index contributed by atoms with van der Waals surface area (Å²) in [7, 11) is 1.25. The van der Waals surface area contributed by atoms with E-state index in [0.29, 0.717) is 17.8 Å². The van der Waals surface area contributed by atoms with Gasteiger partial charge in [0.25, 0.3) is 0 Å². The first-order chi connectivity index (χ1) is 18.4. The predicted octanol–water partition coefficient (Wildman–Crippen LogP) is 4.44. The lowest BCUT2D eigenvalue weighted by Gasteiger charge is -2.23. The van der Waals surface area contributed by atoms with Crippen LogP contribution in [0.2, 0.25) is 0 Å². The van der Waals surface area contributed by atoms with Gasteiger partial charge in [-0.3, -0.25) is 9.00 Å². The Morgan fingerprint density at radius 1 is 0.974 bits per heavy atom. The minimum atomic E-state index is -2.42. The van der Waals surface area contributed by atoms with E-state index in [1.165, 1.54) is 18.4 Å². The summed E-state index contributed by atoms with van der Waals surface area (Å²) in [6.07, 6.45) is -0.0279. The quantitative estimate of drug-likeness (QED) is 0.229. The van der Waals surface area contributed by atoms with Gasteiger partial charge in [0.05, 0.1) is 23.7 Å². The second-order valence-electron chi connectivity index (χ2n) is 8.23. The van der Waals surface area contributed by atoms with Gasteiger partial charge in [-0.2, -0.15) is 0 Å². The number of thiophene rings is 1. The van der Waals surface area contributed by atoms with E-state index in [-0.39, 0.29) is 12.3 Å². The fourth-order valence-corrected chi connectivity index (χ4v) is 5.78. The number of ether oxygens (including phenoxy) is 1. The van der Waals surface area contributed by atoms with Gasteiger partial charge in [-0.1, -0.05) is 48.5 Å². The molecule has 0 saturated carbocycles. The highest BCUT2D eigenvalue weighted by atomic mass is 32.2. The Morgan fingerprint density at radius 2 is 1.71 bits per heavy atom. The van der Waals surface area contributed by atoms with Crippen molar-refractivity contribution in [3.63, 3.8) is 0 Å². The molecule has 3 atom stereocenters. The van der Waals surface area contributed by atoms with E-state index < -0.39 is 29.4 Å². The van der Waals surface area contributed by atoms with Crippen molar-refractivity contribution >= 4 is 51.6 Å². The number of alkyl carbamates (subject to hydrolysis) is 1. The zero-order valence-electron chi connectivity index (χ0n) is 20.3. The summed E-state index contributed by atoms with van der Waals surface area (Å²) in [5.74, 6) is -0.380. The van der Waals surface area contributed by atoms with E-state index in [9.17, 15) is 18.4 Å². The van der Waals surface area contributed by atoms with Crippen LogP contribution in [0.25, 0.3) is 9.88 Å². The SMILES string of the molecule is COC(=O)N[C@H](Cc1ccccc1)C(=O)N[C@@H](Cc1ccc(NS(=O)[O-])cc1)c1csc(-c2cccs2)n1. The number of rotatable bonds is 11. The number of thiazole rings is 1. The maximum atomic E-state index is 13.5. The zero-order chi connectivity index (χ0) is 26.9. The molecule has 12 heteroatoms. The molecule has 0 aliphatic heterocycles. The van der Waals surface area contributed by atoms with Crippen LogP contribution >= 0.6 is 22.7 Å². The minimum Gasteiger partial charge on any atom is -0.755 e. The number of hydrogen-bond acceptors (Lipinski definition) is 8. The smallest absolute Gasteiger partial charge is 0.407 e. The second kappa shape index (κ2) is 13.3. The summed E-state index contributed by atoms with van der Waals surface area (Å²) in [6.45, 7) is 0. The van der Waals surface area contributed by atoms with Crippen molar-refractivity contribution in [2.75, 3.05) is 11.8 Å². The third-order valence-corrected chi connectivity index (χ3v) is 7.90. The summed E-state index contributed by atoms with van der Waals surface area (Å²) >= 11 is 0.649. The highest BCUT2D eigenvalue weighted by Crippen LogP contribution is 2.31. The van der Waals surface area contributed by atoms with Crippen LogP contribution in [0.1, 0.15) is 22.9 Å². The van der Waals surface area contributed by atoms with Crippen molar-refractivity contribution in [3.8, 4) is 9.88 Å². The van der Waals surface area contributed by atoms with Crippen LogP contribution in [0.3, 0.4) is 0 Å². The Morgan fingerprint density at radius 3 is 2.37 bits per heavy atom. The molecular weight excluding hydrogens is 545 g/mol. The van der Waals surface area contributed by atoms with Crippen LogP contribution < -0.4 is 15.4 Å². The molecule has 0 aliphatic rings. The lowest BCUT2D eigenvalue weighted by atomic mass is 10.0. The molecular formula is C26H25N4O5S3-. The summed E-state index contributed by atoms with van der Waals surface area (Å²) in [5, 5.41) is 10.4. The highest BCUT2D eigenvalue weighted by molar-refractivity contribution is 7.80. The molecule has 0 saturated heterocycles. The molecule has 9 nitrogen and oxygen atoms in total. The highest BCUT2D eigenvalue weighted by Gasteiger charge is 2.26. The molecule has 0 radical (unpaired) electrons. The Bertz CT molecular complexity index is 1360. The van der Waals surface area contributed by atoms with Crippen molar-refractivity contribution in [1.29, 1.82) is 0 Å². The molecule has 0 fully saturated rings. The third-order valence-electron chi connectivity index (χ3n) is 5.60. The fourth-order valence-electron chi connectivity index (χ4n) is 3.76. The average Bonchev–Trinajstić information content (AvgIpc) is 3.62. The van der Waals surface area contributed by atoms with Gasteiger partial charge in [0.1, 0.15) is 11.0 Å². The Kier molecular flexibility index (Phi) is 9.60. The predicted molar refractivity (Wildman–Crippen MR) is 148 cm³/mol. The van der Waals surface area contributed by atoms with E-state index in [4.69, 9.17) is 9.72 Å². The van der Waals surface area contributed by atoms with Crippen molar-refractivity contribution in [3.05, 3.63) is 94.3 Å². The first-order valence-corrected chi connectivity index (χ1v) is 14.4. The number of nitrogens with one attached hydrogen (secondary N) is 3. The minimum absolute atomic E-state index is 0.276. The standard InChI is InChI=1S/C26H26N4O5S3/c1-35-26(32)29-21(15-17-6-3-2-4-7-17)24(31)27-20(14-18-9-11-19(12-10-18)30-38(33)34)22-16-37-25(28-22)23-8-5-13-36-23/h2-13,16,20-21,30H,14-15H2,1H3,(H,27,31)(H,29,32)(H,33,34)/p-1/t20-,21+/m0/s1. The largest absolute Gasteiger partial charge is 0.755 e. The van der Waals surface area contributed by atoms with Crippen molar-refractivity contribution in [1.82, 2.24) is 15.6 Å². The number of nitrogens with zero attached hydrogens (tertiary/aromatic N) is 1. The normalized spacial score (nSPS) is 13.2. The Balaban J connectivity index is 1.58. The van der Waals surface area contributed by atoms with Crippen LogP contribution in [-0.2, 0) is 33.6 Å². The summed E-state index contributed by atoms with van der Waals surface area (Å²) in [6, 6.07) is 18.8. The lowest BCUT2D eigenvalue weighted by molar-refractivity contribution is -0.123. The number of hydrogen-bond donors (Lipinski definition) is 3. The maximum absolute atomic E-state index is 13.5. The van der Waals surface area contributed by atoms with E-state index in [2.05, 4.69) is 15.4 Å². The van der Waals surface area contributed by atoms with Gasteiger partial charge in [0.15, 0.2) is 0 Å². The van der Waals surface area contributed by atoms with E-state index in [1.54, 1.807) is 35.6 Å². The van der Waals surface area contributed by atoms with Crippen LogP contribution in [-0.4, -0.2) is 38.9 Å². The fraction of sp³-hybridized carbons (Fsp3) is 0.192. The monoisotopic (exact) mass is 569 g/mol. The van der Waals surface area contributed by atoms with Crippen molar-refractivity contribution in [2.24, 2.45) is 0 Å². The molecule has 0 bridgehead atoms. The van der Waals surface area contributed by atoms with Gasteiger partial charge in [-0.15, -0.1) is 22.7 Å². The van der Waals surface area contributed by atoms with Gasteiger partial charge >= 0.3 is 6.09 Å². The van der Waals surface area contributed by atoms with Crippen LogP contribution in [0, 0.1) is 0 Å². The third kappa shape index (κ3) is 7.71. The topological polar surface area (TPSA) is 132 Å². The van der Waals surface area contributed by atoms with E-state index in [0.717, 1.165) is 21.0 Å². The number of benzene rings is 2. The first kappa shape index (κ1) is 27.5. The second-order valence-corrected chi connectivity index (χ2v) is 10.7. The molecule has 38 heavy (non-hydrogen) atoms. The summed E-state index contributed by atoms with van der Waals surface area (Å²) < 4.78 is 28.9. The number of carbonyl (C=O) groups is 2. The Hall–Kier alpha value is -3.58. The van der Waals surface area contributed by atoms with Crippen molar-refractivity contribution in [2.45, 2.75) is 24.9 Å². The van der Waals surface area contributed by atoms with Gasteiger partial charge < -0.3 is 24.6 Å². The van der Waals surface area contributed by atoms with Crippen LogP contribution in [0.5, 0.6) is 0 Å². The molecule has 4 rings (SSSR count). The number of aromatic nitrogens is 1. The van der Waals surface area contributed by atoms with Crippen molar-refractivity contribution < 1.29 is 23.1 Å². The molecule has 2 aromatic heterocycles. The van der Waals surface area contributed by atoms with Gasteiger partial charge in [0, 0.05) is 28.8 Å². The Labute approximate surface area is 230 Å². The molecule has 2 heterocycles. The molecule has 1 unspecified atom stereocenters. The first-order valence-electron chi connectivity index (χ1n) is 11.5. The van der Waals surface area contributed by atoms with E-state index >= 15 is 0 Å². The van der Waals surface area contributed by atoms with Crippen LogP contribution in [0.15, 0.2) is 77.5 Å². The van der Waals surface area contributed by atoms with Gasteiger partial charge in [-0.25, -0.2) is 9.78 Å². The molecule has 3 N–H and O–H groups in total. The van der Waals surface area contributed by atoms with Gasteiger partial charge in [-0.05, 0) is 41.1 Å². The van der Waals surface area contributed by atoms with Gasteiger partial charge in [0.2, 0.25) is 5.91 Å². The zero-order valence-corrected chi connectivity index (χ0v) is 22.7. The summed E-state index contributed by atoms with van der Waals surface area (Å²) in [4.78, 5) is 31.4. The number of amides is 2. The number of methoxy groups -OCH3 is 1. The molecule has 2 amide bonds. The molecule has 198 valence electrons. The molecule has 0 spiro atoms. The number of carbonyl (C=O) groups excluding carboxylic acids is 2. The lowest BCUT2D eigenvalue weighted by Crippen LogP contribution is -2.49. The number of anilines is 1. The van der Waals surface area contributed by atoms with Crippen LogP contribution in [0.4, 0.5) is 10.5 Å². The van der Waals surface area contributed by atoms with E-state index in [1.807, 2.05) is 53.2 Å². The average molecular weight is 570 g/mol.